The van der Waals surface area contributed by atoms with Gasteiger partial charge in [0.05, 0.1) is 22.2 Å². The Bertz CT molecular complexity index is 554. The summed E-state index contributed by atoms with van der Waals surface area (Å²) in [4.78, 5) is 20.4. The molecule has 0 bridgehead atoms. The summed E-state index contributed by atoms with van der Waals surface area (Å²) < 4.78 is 0. The fourth-order valence-corrected chi connectivity index (χ4v) is 1.32. The SMILES string of the molecule is CN(C)c1cnc2cc([N+](=O)[O-])ccc2n1. The van der Waals surface area contributed by atoms with Crippen LogP contribution in [0.5, 0.6) is 0 Å². The van der Waals surface area contributed by atoms with E-state index in [4.69, 9.17) is 0 Å². The predicted molar refractivity (Wildman–Crippen MR) is 60.5 cm³/mol. The Morgan fingerprint density at radius 3 is 2.69 bits per heavy atom. The number of nitro groups is 1. The topological polar surface area (TPSA) is 72.2 Å². The van der Waals surface area contributed by atoms with Crippen molar-refractivity contribution in [3.8, 4) is 0 Å². The third-order valence-electron chi connectivity index (χ3n) is 2.18. The molecule has 0 atom stereocenters. The molecule has 0 aliphatic heterocycles. The van der Waals surface area contributed by atoms with Crippen molar-refractivity contribution in [3.63, 3.8) is 0 Å². The van der Waals surface area contributed by atoms with E-state index in [0.717, 1.165) is 5.82 Å². The first kappa shape index (κ1) is 10.3. The number of aromatic nitrogens is 2. The number of fused-ring (bicyclic) bond motifs is 1. The lowest BCUT2D eigenvalue weighted by Gasteiger charge is -2.10. The minimum Gasteiger partial charge on any atom is -0.361 e. The van der Waals surface area contributed by atoms with Crippen LogP contribution in [0.15, 0.2) is 24.4 Å². The van der Waals surface area contributed by atoms with Crippen LogP contribution in [-0.4, -0.2) is 29.0 Å². The molecule has 0 spiro atoms. The van der Waals surface area contributed by atoms with Crippen LogP contribution >= 0.6 is 0 Å². The van der Waals surface area contributed by atoms with Crippen LogP contribution in [0.2, 0.25) is 0 Å². The molecule has 2 rings (SSSR count). The summed E-state index contributed by atoms with van der Waals surface area (Å²) in [5, 5.41) is 10.6. The minimum absolute atomic E-state index is 0.0272. The highest BCUT2D eigenvalue weighted by Crippen LogP contribution is 2.19. The third kappa shape index (κ3) is 1.77. The molecule has 6 nitrogen and oxygen atoms in total. The van der Waals surface area contributed by atoms with Gasteiger partial charge in [0.15, 0.2) is 0 Å². The highest BCUT2D eigenvalue weighted by molar-refractivity contribution is 5.78. The summed E-state index contributed by atoms with van der Waals surface area (Å²) in [5.74, 6) is 0.723. The molecule has 0 fully saturated rings. The summed E-state index contributed by atoms with van der Waals surface area (Å²) in [6.07, 6.45) is 1.59. The van der Waals surface area contributed by atoms with Crippen LogP contribution in [-0.2, 0) is 0 Å². The van der Waals surface area contributed by atoms with Gasteiger partial charge < -0.3 is 4.90 Å². The van der Waals surface area contributed by atoms with E-state index < -0.39 is 4.92 Å². The van der Waals surface area contributed by atoms with Gasteiger partial charge in [-0.05, 0) is 6.07 Å². The number of nitrogens with zero attached hydrogens (tertiary/aromatic N) is 4. The van der Waals surface area contributed by atoms with Crippen LogP contribution < -0.4 is 4.90 Å². The molecule has 0 N–H and O–H groups in total. The van der Waals surface area contributed by atoms with E-state index in [-0.39, 0.29) is 5.69 Å². The first-order valence-electron chi connectivity index (χ1n) is 4.66. The van der Waals surface area contributed by atoms with E-state index in [1.165, 1.54) is 12.1 Å². The second-order valence-electron chi connectivity index (χ2n) is 3.55. The van der Waals surface area contributed by atoms with Crippen molar-refractivity contribution in [2.24, 2.45) is 0 Å². The summed E-state index contributed by atoms with van der Waals surface area (Å²) in [6.45, 7) is 0. The molecule has 0 radical (unpaired) electrons. The number of benzene rings is 1. The van der Waals surface area contributed by atoms with Crippen molar-refractivity contribution in [2.75, 3.05) is 19.0 Å². The van der Waals surface area contributed by atoms with Crippen LogP contribution in [0.25, 0.3) is 11.0 Å². The highest BCUT2D eigenvalue weighted by Gasteiger charge is 2.08. The van der Waals surface area contributed by atoms with E-state index in [1.807, 2.05) is 19.0 Å². The standard InChI is InChI=1S/C10H10N4O2/c1-13(2)10-6-11-9-5-7(14(15)16)3-4-8(9)12-10/h3-6H,1-2H3. The molecular formula is C10H10N4O2. The average Bonchev–Trinajstić information content (AvgIpc) is 2.27. The second kappa shape index (κ2) is 3.73. The molecule has 0 unspecified atom stereocenters. The molecule has 1 heterocycles. The maximum atomic E-state index is 10.6. The lowest BCUT2D eigenvalue weighted by atomic mass is 10.2. The molecule has 0 amide bonds. The normalized spacial score (nSPS) is 10.4. The molecule has 1 aromatic carbocycles. The van der Waals surface area contributed by atoms with E-state index in [2.05, 4.69) is 9.97 Å². The first-order chi connectivity index (χ1) is 7.58. The van der Waals surface area contributed by atoms with Crippen LogP contribution in [0.3, 0.4) is 0 Å². The van der Waals surface area contributed by atoms with Gasteiger partial charge in [-0.2, -0.15) is 0 Å². The van der Waals surface area contributed by atoms with E-state index in [0.29, 0.717) is 11.0 Å². The number of non-ortho nitro benzene ring substituents is 1. The summed E-state index contributed by atoms with van der Waals surface area (Å²) in [5.41, 5.74) is 1.20. The molecule has 16 heavy (non-hydrogen) atoms. The number of nitro benzene ring substituents is 1. The van der Waals surface area contributed by atoms with Crippen molar-refractivity contribution < 1.29 is 4.92 Å². The fraction of sp³-hybridized carbons (Fsp3) is 0.200. The van der Waals surface area contributed by atoms with Gasteiger partial charge in [0.2, 0.25) is 0 Å². The van der Waals surface area contributed by atoms with E-state index in [9.17, 15) is 10.1 Å². The monoisotopic (exact) mass is 218 g/mol. The largest absolute Gasteiger partial charge is 0.361 e. The quantitative estimate of drug-likeness (QED) is 0.565. The van der Waals surface area contributed by atoms with E-state index in [1.54, 1.807) is 12.3 Å². The Kier molecular flexibility index (Phi) is 2.40. The maximum Gasteiger partial charge on any atom is 0.271 e. The molecular weight excluding hydrogens is 208 g/mol. The molecule has 0 saturated heterocycles. The smallest absolute Gasteiger partial charge is 0.271 e. The predicted octanol–water partition coefficient (Wildman–Crippen LogP) is 1.60. The molecule has 6 heteroatoms. The summed E-state index contributed by atoms with van der Waals surface area (Å²) >= 11 is 0. The highest BCUT2D eigenvalue weighted by atomic mass is 16.6. The van der Waals surface area contributed by atoms with Crippen molar-refractivity contribution in [1.29, 1.82) is 0 Å². The second-order valence-corrected chi connectivity index (χ2v) is 3.55. The zero-order valence-corrected chi connectivity index (χ0v) is 8.91. The van der Waals surface area contributed by atoms with Gasteiger partial charge >= 0.3 is 0 Å². The summed E-state index contributed by atoms with van der Waals surface area (Å²) in [6, 6.07) is 4.45. The first-order valence-corrected chi connectivity index (χ1v) is 4.66. The Hall–Kier alpha value is -2.24. The molecule has 0 aliphatic rings. The van der Waals surface area contributed by atoms with Gasteiger partial charge in [-0.3, -0.25) is 15.1 Å². The van der Waals surface area contributed by atoms with Crippen molar-refractivity contribution in [3.05, 3.63) is 34.5 Å². The fourth-order valence-electron chi connectivity index (χ4n) is 1.32. The Morgan fingerprint density at radius 1 is 1.31 bits per heavy atom. The van der Waals surface area contributed by atoms with Crippen molar-refractivity contribution >= 4 is 22.5 Å². The number of anilines is 1. The van der Waals surface area contributed by atoms with Gasteiger partial charge in [0.25, 0.3) is 5.69 Å². The molecule has 1 aromatic heterocycles. The number of hydrogen-bond acceptors (Lipinski definition) is 5. The maximum absolute atomic E-state index is 10.6. The van der Waals surface area contributed by atoms with Gasteiger partial charge in [0, 0.05) is 26.2 Å². The van der Waals surface area contributed by atoms with Crippen LogP contribution in [0.4, 0.5) is 11.5 Å². The lowest BCUT2D eigenvalue weighted by molar-refractivity contribution is -0.384. The van der Waals surface area contributed by atoms with Crippen LogP contribution in [0, 0.1) is 10.1 Å². The third-order valence-corrected chi connectivity index (χ3v) is 2.18. The van der Waals surface area contributed by atoms with Crippen molar-refractivity contribution in [1.82, 2.24) is 9.97 Å². The van der Waals surface area contributed by atoms with Gasteiger partial charge in [-0.15, -0.1) is 0 Å². The Balaban J connectivity index is 2.57. The van der Waals surface area contributed by atoms with Gasteiger partial charge in [-0.1, -0.05) is 0 Å². The Morgan fingerprint density at radius 2 is 2.06 bits per heavy atom. The molecule has 0 aliphatic carbocycles. The zero-order chi connectivity index (χ0) is 11.7. The number of hydrogen-bond donors (Lipinski definition) is 0. The van der Waals surface area contributed by atoms with Crippen LogP contribution in [0.1, 0.15) is 0 Å². The average molecular weight is 218 g/mol. The number of rotatable bonds is 2. The minimum atomic E-state index is -0.443. The van der Waals surface area contributed by atoms with Crippen molar-refractivity contribution in [2.45, 2.75) is 0 Å². The zero-order valence-electron chi connectivity index (χ0n) is 8.91. The van der Waals surface area contributed by atoms with E-state index >= 15 is 0 Å². The van der Waals surface area contributed by atoms with Gasteiger partial charge in [-0.25, -0.2) is 4.98 Å². The molecule has 2 aromatic rings. The lowest BCUT2D eigenvalue weighted by Crippen LogP contribution is -2.10. The molecule has 0 saturated carbocycles. The Labute approximate surface area is 91.7 Å². The summed E-state index contributed by atoms with van der Waals surface area (Å²) in [7, 11) is 3.72. The molecule has 82 valence electrons. The van der Waals surface area contributed by atoms with Gasteiger partial charge in [0.1, 0.15) is 5.82 Å².